The van der Waals surface area contributed by atoms with Crippen molar-refractivity contribution in [3.05, 3.63) is 109 Å². The first-order valence-electron chi connectivity index (χ1n) is 36.7. The number of esters is 1. The predicted molar refractivity (Wildman–Crippen MR) is 416 cm³/mol. The molecule has 108 heavy (non-hydrogen) atoms. The minimum Gasteiger partial charge on any atom is -0.480 e. The highest BCUT2D eigenvalue weighted by Crippen LogP contribution is 2.44. The number of piperidine rings is 1. The maximum Gasteiger partial charge on any atom is 0.410 e. The summed E-state index contributed by atoms with van der Waals surface area (Å²) in [6, 6.07) is 14.4. The molecule has 4 atom stereocenters. The molecule has 0 spiro atoms. The summed E-state index contributed by atoms with van der Waals surface area (Å²) in [4.78, 5) is 126. The summed E-state index contributed by atoms with van der Waals surface area (Å²) in [7, 11) is 6.08. The van der Waals surface area contributed by atoms with Crippen LogP contribution in [0.15, 0.2) is 86.5 Å². The second-order valence-corrected chi connectivity index (χ2v) is 27.2. The number of hydroxylamine groups is 2. The highest BCUT2D eigenvalue weighted by Gasteiger charge is 2.35. The lowest BCUT2D eigenvalue weighted by molar-refractivity contribution is -0.197. The fourth-order valence-corrected chi connectivity index (χ4v) is 9.38. The van der Waals surface area contributed by atoms with Crippen molar-refractivity contribution in [2.75, 3.05) is 113 Å². The molecule has 0 saturated carbocycles. The molecule has 2 fully saturated rings. The maximum absolute atomic E-state index is 12.6. The van der Waals surface area contributed by atoms with E-state index >= 15 is 0 Å². The van der Waals surface area contributed by atoms with Crippen molar-refractivity contribution in [3.63, 3.8) is 0 Å². The van der Waals surface area contributed by atoms with Crippen LogP contribution < -0.4 is 10.6 Å². The van der Waals surface area contributed by atoms with Gasteiger partial charge in [-0.1, -0.05) is 129 Å². The highest BCUT2D eigenvalue weighted by atomic mass is 79.9. The second-order valence-electron chi connectivity index (χ2n) is 26.7. The van der Waals surface area contributed by atoms with Crippen LogP contribution in [0.1, 0.15) is 169 Å². The van der Waals surface area contributed by atoms with Crippen LogP contribution in [0, 0.1) is 41.6 Å². The Morgan fingerprint density at radius 1 is 0.620 bits per heavy atom. The van der Waals surface area contributed by atoms with Crippen LogP contribution in [-0.4, -0.2) is 232 Å². The SMILES string of the molecule is C1CCNCC1.C=CCCC(=O)N(C)[C@@H](COCCC(C)C)C(=O)O.C=CCCC(=O)N(C)[C@@H](COCCC(C)C)C(=O)OCC#N.C=CCCC(=O)ON1C(=O)CCC1=O.CC(C)CCOC[C@@H](C(=O)O)N(C)C(=O)OCC1c2ccccc2-c2ccccc21.CN[C@@H](COCCC(C)C)C(=O)O.[C-]#[N+]CBr. The molecule has 0 aromatic heterocycles. The molecule has 5 N–H and O–H groups in total. The zero-order valence-electron chi connectivity index (χ0n) is 65.8. The molecule has 2 aromatic rings. The smallest absolute Gasteiger partial charge is 0.410 e. The van der Waals surface area contributed by atoms with Crippen LogP contribution in [0.3, 0.4) is 0 Å². The number of carboxylic acids is 3. The number of imide groups is 1. The predicted octanol–water partition coefficient (Wildman–Crippen LogP) is 11.5. The number of ether oxygens (including phenoxy) is 6. The van der Waals surface area contributed by atoms with E-state index < -0.39 is 71.9 Å². The van der Waals surface area contributed by atoms with Gasteiger partial charge in [-0.2, -0.15) is 5.26 Å². The Kier molecular flexibility index (Phi) is 58.8. The van der Waals surface area contributed by atoms with Crippen LogP contribution >= 0.6 is 15.9 Å². The molecule has 0 radical (unpaired) electrons. The number of allylic oxidation sites excluding steroid dienone is 3. The fourth-order valence-electron chi connectivity index (χ4n) is 9.38. The number of benzene rings is 2. The van der Waals surface area contributed by atoms with Crippen molar-refractivity contribution < 1.29 is 96.5 Å². The summed E-state index contributed by atoms with van der Waals surface area (Å²) in [6.07, 6.45) is 14.4. The molecule has 5 rings (SSSR count). The number of amides is 5. The molecule has 0 bridgehead atoms. The molecule has 2 heterocycles. The van der Waals surface area contributed by atoms with Gasteiger partial charge >= 0.3 is 35.9 Å². The lowest BCUT2D eigenvalue weighted by atomic mass is 9.98. The molecule has 2 aromatic carbocycles. The molecular weight excluding hydrogens is 1460 g/mol. The third-order valence-corrected chi connectivity index (χ3v) is 16.4. The van der Waals surface area contributed by atoms with E-state index in [4.69, 9.17) is 50.5 Å². The zero-order valence-corrected chi connectivity index (χ0v) is 67.4. The Hall–Kier alpha value is -8.42. The maximum atomic E-state index is 12.6. The molecule has 5 amide bonds. The number of nitrogens with one attached hydrogen (secondary N) is 2. The minimum absolute atomic E-state index is 0.0262. The van der Waals surface area contributed by atoms with Gasteiger partial charge in [0.05, 0.1) is 32.8 Å². The van der Waals surface area contributed by atoms with Crippen LogP contribution in [0.4, 0.5) is 4.79 Å². The summed E-state index contributed by atoms with van der Waals surface area (Å²) < 4.78 is 31.9. The van der Waals surface area contributed by atoms with Crippen molar-refractivity contribution >= 4 is 75.5 Å². The number of nitriles is 1. The highest BCUT2D eigenvalue weighted by molar-refractivity contribution is 9.09. The molecule has 28 nitrogen and oxygen atoms in total. The van der Waals surface area contributed by atoms with Crippen LogP contribution in [-0.2, 0) is 76.4 Å². The van der Waals surface area contributed by atoms with Gasteiger partial charge in [-0.3, -0.25) is 28.9 Å². The topological polar surface area (TPSA) is 361 Å². The van der Waals surface area contributed by atoms with E-state index in [1.165, 1.54) is 63.3 Å². The lowest BCUT2D eigenvalue weighted by Gasteiger charge is -2.26. The summed E-state index contributed by atoms with van der Waals surface area (Å²) in [5.41, 5.74) is 4.93. The fraction of sp³-hybridized carbons (Fsp3) is 0.620. The third kappa shape index (κ3) is 46.1. The number of rotatable bonds is 41. The Balaban J connectivity index is 0. The number of hydrogen-bond acceptors (Lipinski definition) is 20. The Morgan fingerprint density at radius 2 is 1.01 bits per heavy atom. The van der Waals surface area contributed by atoms with Gasteiger partial charge in [0.25, 0.3) is 17.3 Å². The number of nitrogens with zero attached hydrogens (tertiary/aromatic N) is 6. The number of aliphatic carboxylic acids is 3. The van der Waals surface area contributed by atoms with Crippen LogP contribution in [0.5, 0.6) is 0 Å². The number of halogens is 1. The average Bonchev–Trinajstić information content (AvgIpc) is 1.62. The van der Waals surface area contributed by atoms with E-state index in [0.717, 1.165) is 52.8 Å². The van der Waals surface area contributed by atoms with Crippen molar-refractivity contribution in [1.82, 2.24) is 30.4 Å². The van der Waals surface area contributed by atoms with Gasteiger partial charge in [-0.05, 0) is 124 Å². The van der Waals surface area contributed by atoms with Crippen molar-refractivity contribution in [3.8, 4) is 17.2 Å². The van der Waals surface area contributed by atoms with E-state index in [0.29, 0.717) is 79.9 Å². The largest absolute Gasteiger partial charge is 0.480 e. The molecule has 2 saturated heterocycles. The number of carbonyl (C=O) groups excluding carboxylic acids is 7. The summed E-state index contributed by atoms with van der Waals surface area (Å²) in [5, 5.41) is 42.3. The zero-order chi connectivity index (χ0) is 81.9. The van der Waals surface area contributed by atoms with E-state index in [-0.39, 0.29) is 89.5 Å². The Labute approximate surface area is 649 Å². The number of likely N-dealkylation sites (N-methyl/N-ethyl adjacent to an activating group) is 4. The van der Waals surface area contributed by atoms with Gasteiger partial charge in [-0.15, -0.1) is 24.8 Å². The standard InChI is InChI=1S/C24H29NO5.C16H26N2O4.C14H25NO4.C9H11NO4.C9H19NO3.C5H11N.C2H2BrN/c1-16(2)12-13-29-15-22(23(26)27)25(3)24(28)30-14-21-19-10-6-4-8-17(19)18-9-5-7-11-20(18)21;1-5-6-7-15(19)18(4)14(16(20)22-11-9-17)12-21-10-8-13(2)3;1-5-6-7-13(16)15(4)12(14(17)18)10-19-9-8-11(2)3;1-2-3-4-9(13)14-10-7(11)5-6-8(10)12;1-7(2)4-5-13-6-8(10-3)9(11)12;1-2-4-6-5-3-1;1-4-2-3/h4-11,16,21-22H,12-15H2,1-3H3,(H,26,27);5,13-14H,1,6-8,10-12H2,2-4H3;5,11-12H,1,6-10H2,2-4H3,(H,17,18);2H,1,3-6H2;7-8,10H,4-6H2,1-3H3,(H,11,12);6H,1-5H2;2H2/t22-;14-;12-;;8-;;/m000.0../s1. The number of fused-ring (bicyclic) bond motifs is 3. The molecule has 2 aliphatic heterocycles. The van der Waals surface area contributed by atoms with Gasteiger partial charge < -0.3 is 73.9 Å². The minimum atomic E-state index is -1.12. The molecule has 29 heteroatoms. The Morgan fingerprint density at radius 3 is 1.36 bits per heavy atom. The first-order valence-corrected chi connectivity index (χ1v) is 37.8. The molecule has 3 aliphatic rings. The second kappa shape index (κ2) is 62.5. The first kappa shape index (κ1) is 102. The third-order valence-electron chi connectivity index (χ3n) is 16.2. The summed E-state index contributed by atoms with van der Waals surface area (Å²) >= 11 is 2.89. The molecule has 0 unspecified atom stereocenters. The normalized spacial score (nSPS) is 13.5. The Bertz CT molecular complexity index is 3010. The molecular formula is C79H123BrN8O20. The van der Waals surface area contributed by atoms with Crippen LogP contribution in [0.2, 0.25) is 0 Å². The molecule has 606 valence electrons. The average molecular weight is 1580 g/mol. The van der Waals surface area contributed by atoms with Gasteiger partial charge in [0.2, 0.25) is 11.8 Å². The van der Waals surface area contributed by atoms with Gasteiger partial charge in [0, 0.05) is 95.1 Å². The quantitative estimate of drug-likeness (QED) is 0.00785. The van der Waals surface area contributed by atoms with E-state index in [1.807, 2.05) is 36.4 Å². The van der Waals surface area contributed by atoms with E-state index in [9.17, 15) is 53.1 Å². The van der Waals surface area contributed by atoms with Gasteiger partial charge in [-0.25, -0.2) is 30.5 Å². The van der Waals surface area contributed by atoms with Gasteiger partial charge in [0.15, 0.2) is 24.7 Å². The summed E-state index contributed by atoms with van der Waals surface area (Å²) in [5.74, 6) is -3.55. The van der Waals surface area contributed by atoms with Crippen molar-refractivity contribution in [2.45, 2.75) is 182 Å². The number of carboxylic acid groups (broad SMARTS) is 3. The van der Waals surface area contributed by atoms with Crippen molar-refractivity contribution in [2.24, 2.45) is 23.7 Å². The monoisotopic (exact) mass is 1580 g/mol. The van der Waals surface area contributed by atoms with Crippen molar-refractivity contribution in [1.29, 1.82) is 5.26 Å². The summed E-state index contributed by atoms with van der Waals surface area (Å²) in [6.45, 7) is 37.9. The number of hydrogen-bond donors (Lipinski definition) is 5. The van der Waals surface area contributed by atoms with E-state index in [2.05, 4.69) is 124 Å². The van der Waals surface area contributed by atoms with Crippen LogP contribution in [0.25, 0.3) is 16.0 Å². The number of carbonyl (C=O) groups is 10. The van der Waals surface area contributed by atoms with E-state index in [1.54, 1.807) is 31.3 Å². The lowest BCUT2D eigenvalue weighted by Crippen LogP contribution is -2.46. The molecule has 1 aliphatic carbocycles. The van der Waals surface area contributed by atoms with Gasteiger partial charge in [0.1, 0.15) is 18.7 Å². The first-order chi connectivity index (χ1) is 51.4. The number of alkyl halides is 1.